The number of carboxylic acid groups (broad SMARTS) is 1. The second-order valence-corrected chi connectivity index (χ2v) is 8.60. The second kappa shape index (κ2) is 9.45. The fourth-order valence-electron chi connectivity index (χ4n) is 4.31. The smallest absolute Gasteiger partial charge is 0.416 e. The average molecular weight is 510 g/mol. The third-order valence-electron chi connectivity index (χ3n) is 6.05. The number of hydrogen-bond donors (Lipinski definition) is 3. The van der Waals surface area contributed by atoms with E-state index in [1.165, 1.54) is 12.1 Å². The van der Waals surface area contributed by atoms with Crippen molar-refractivity contribution in [2.24, 2.45) is 0 Å². The van der Waals surface area contributed by atoms with E-state index in [-0.39, 0.29) is 11.6 Å². The van der Waals surface area contributed by atoms with Crippen LogP contribution in [0.1, 0.15) is 22.3 Å². The molecule has 2 aromatic heterocycles. The molecule has 0 radical (unpaired) electrons. The summed E-state index contributed by atoms with van der Waals surface area (Å²) in [6.45, 7) is 1.13. The van der Waals surface area contributed by atoms with E-state index in [9.17, 15) is 22.8 Å². The van der Waals surface area contributed by atoms with Gasteiger partial charge in [0, 0.05) is 42.2 Å². The van der Waals surface area contributed by atoms with Crippen molar-refractivity contribution in [2.45, 2.75) is 18.6 Å². The molecule has 37 heavy (non-hydrogen) atoms. The molecule has 1 unspecified atom stereocenters. The molecule has 0 saturated carbocycles. The molecule has 4 aromatic rings. The number of nitrogens with one attached hydrogen (secondary N) is 2. The van der Waals surface area contributed by atoms with E-state index in [1.54, 1.807) is 35.0 Å². The Labute approximate surface area is 208 Å². The van der Waals surface area contributed by atoms with E-state index in [2.05, 4.69) is 20.7 Å². The fourth-order valence-corrected chi connectivity index (χ4v) is 4.31. The zero-order valence-corrected chi connectivity index (χ0v) is 19.2. The van der Waals surface area contributed by atoms with Gasteiger partial charge in [-0.15, -0.1) is 5.10 Å². The molecule has 190 valence electrons. The molecule has 1 saturated heterocycles. The van der Waals surface area contributed by atoms with Gasteiger partial charge in [-0.1, -0.05) is 18.2 Å². The third-order valence-corrected chi connectivity index (χ3v) is 6.05. The maximum atomic E-state index is 13.0. The lowest BCUT2D eigenvalue weighted by Gasteiger charge is -2.15. The Bertz CT molecular complexity index is 1490. The Kier molecular flexibility index (Phi) is 6.15. The van der Waals surface area contributed by atoms with Gasteiger partial charge in [-0.3, -0.25) is 4.79 Å². The fraction of sp³-hybridized carbons (Fsp3) is 0.200. The summed E-state index contributed by atoms with van der Waals surface area (Å²) in [4.78, 5) is 29.9. The van der Waals surface area contributed by atoms with E-state index >= 15 is 0 Å². The van der Waals surface area contributed by atoms with Gasteiger partial charge in [0.25, 0.3) is 5.91 Å². The number of alkyl halides is 3. The third kappa shape index (κ3) is 5.17. The van der Waals surface area contributed by atoms with Crippen molar-refractivity contribution < 1.29 is 27.9 Å². The molecule has 3 N–H and O–H groups in total. The minimum atomic E-state index is -4.55. The van der Waals surface area contributed by atoms with Crippen LogP contribution in [0.3, 0.4) is 0 Å². The summed E-state index contributed by atoms with van der Waals surface area (Å²) in [5.41, 5.74) is 1.37. The number of benzene rings is 2. The molecule has 0 bridgehead atoms. The Morgan fingerprint density at radius 3 is 2.65 bits per heavy atom. The number of aromatic nitrogens is 3. The highest BCUT2D eigenvalue weighted by Gasteiger charge is 2.31. The number of amides is 2. The first-order chi connectivity index (χ1) is 17.7. The topological polar surface area (TPSA) is 112 Å². The number of nitrogens with zero attached hydrogens (tertiary/aromatic N) is 4. The summed E-state index contributed by atoms with van der Waals surface area (Å²) >= 11 is 0. The Morgan fingerprint density at radius 2 is 1.86 bits per heavy atom. The minimum absolute atomic E-state index is 0.107. The van der Waals surface area contributed by atoms with Crippen molar-refractivity contribution in [2.75, 3.05) is 23.3 Å². The van der Waals surface area contributed by atoms with Gasteiger partial charge < -0.3 is 20.6 Å². The van der Waals surface area contributed by atoms with Crippen LogP contribution in [-0.4, -0.2) is 50.8 Å². The van der Waals surface area contributed by atoms with Crippen molar-refractivity contribution in [1.82, 2.24) is 19.9 Å². The molecule has 3 heterocycles. The molecule has 9 nitrogen and oxygen atoms in total. The summed E-state index contributed by atoms with van der Waals surface area (Å²) in [5, 5.41) is 18.8. The van der Waals surface area contributed by atoms with E-state index in [0.29, 0.717) is 47.9 Å². The maximum Gasteiger partial charge on any atom is 0.416 e. The van der Waals surface area contributed by atoms with Crippen molar-refractivity contribution in [3.8, 4) is 11.3 Å². The van der Waals surface area contributed by atoms with Crippen LogP contribution >= 0.6 is 0 Å². The molecule has 0 aliphatic carbocycles. The van der Waals surface area contributed by atoms with Gasteiger partial charge in [-0.25, -0.2) is 14.3 Å². The van der Waals surface area contributed by atoms with Crippen LogP contribution in [0.2, 0.25) is 0 Å². The van der Waals surface area contributed by atoms with Crippen LogP contribution in [0, 0.1) is 0 Å². The number of rotatable bonds is 5. The van der Waals surface area contributed by atoms with E-state index in [0.717, 1.165) is 12.1 Å². The van der Waals surface area contributed by atoms with Crippen LogP contribution in [0.4, 0.5) is 29.5 Å². The Hall–Kier alpha value is -4.61. The van der Waals surface area contributed by atoms with Crippen molar-refractivity contribution in [1.29, 1.82) is 0 Å². The van der Waals surface area contributed by atoms with E-state index < -0.39 is 23.7 Å². The largest absolute Gasteiger partial charge is 0.465 e. The van der Waals surface area contributed by atoms with E-state index in [4.69, 9.17) is 5.11 Å². The van der Waals surface area contributed by atoms with Gasteiger partial charge in [0.1, 0.15) is 0 Å². The number of halogens is 3. The molecular weight excluding hydrogens is 489 g/mol. The Balaban J connectivity index is 1.38. The van der Waals surface area contributed by atoms with Crippen LogP contribution in [0.25, 0.3) is 16.9 Å². The van der Waals surface area contributed by atoms with Crippen molar-refractivity contribution in [3.63, 3.8) is 0 Å². The average Bonchev–Trinajstić information content (AvgIpc) is 3.50. The number of anilines is 2. The number of carbonyl (C=O) groups is 2. The van der Waals surface area contributed by atoms with Crippen molar-refractivity contribution >= 4 is 29.2 Å². The molecule has 2 aromatic carbocycles. The molecule has 5 rings (SSSR count). The molecule has 1 aliphatic heterocycles. The molecule has 1 fully saturated rings. The van der Waals surface area contributed by atoms with Gasteiger partial charge in [-0.05, 0) is 42.8 Å². The summed E-state index contributed by atoms with van der Waals surface area (Å²) in [5.74, 6) is -0.00768. The highest BCUT2D eigenvalue weighted by molar-refractivity contribution is 6.04. The molecule has 2 amide bonds. The van der Waals surface area contributed by atoms with Gasteiger partial charge >= 0.3 is 12.3 Å². The molecule has 1 aliphatic rings. The number of hydrogen-bond acceptors (Lipinski definition) is 5. The summed E-state index contributed by atoms with van der Waals surface area (Å²) in [6.07, 6.45) is -3.32. The zero-order valence-electron chi connectivity index (χ0n) is 19.2. The summed E-state index contributed by atoms with van der Waals surface area (Å²) < 4.78 is 40.7. The first-order valence-corrected chi connectivity index (χ1v) is 11.4. The minimum Gasteiger partial charge on any atom is -0.465 e. The predicted molar refractivity (Wildman–Crippen MR) is 130 cm³/mol. The quantitative estimate of drug-likeness (QED) is 0.364. The monoisotopic (exact) mass is 510 g/mol. The standard InChI is InChI=1S/C25H21F3N6O3/c26-25(27,28)17-5-1-4-16(11-17)23(35)30-18-6-2-3-15(12-18)20-7-9-29-21-13-22(32-34(20)21)33-10-8-19(14-33)31-24(36)37/h1-7,9,11-13,19,31H,8,10,14H2,(H,30,35)(H,36,37). The molecule has 1 atom stereocenters. The molecule has 0 spiro atoms. The number of fused-ring (bicyclic) bond motifs is 1. The van der Waals surface area contributed by atoms with Gasteiger partial charge in [0.2, 0.25) is 0 Å². The van der Waals surface area contributed by atoms with Gasteiger partial charge in [-0.2, -0.15) is 13.2 Å². The lowest BCUT2D eigenvalue weighted by Crippen LogP contribution is -2.36. The normalized spacial score (nSPS) is 15.6. The summed E-state index contributed by atoms with van der Waals surface area (Å²) in [7, 11) is 0. The number of carbonyl (C=O) groups excluding carboxylic acids is 1. The first kappa shape index (κ1) is 24.1. The summed E-state index contributed by atoms with van der Waals surface area (Å²) in [6, 6.07) is 14.5. The van der Waals surface area contributed by atoms with Crippen LogP contribution in [0.5, 0.6) is 0 Å². The van der Waals surface area contributed by atoms with Gasteiger partial charge in [0.05, 0.1) is 17.3 Å². The molecule has 12 heteroatoms. The van der Waals surface area contributed by atoms with Crippen LogP contribution in [-0.2, 0) is 6.18 Å². The van der Waals surface area contributed by atoms with Crippen LogP contribution in [0.15, 0.2) is 66.9 Å². The highest BCUT2D eigenvalue weighted by Crippen LogP contribution is 2.30. The van der Waals surface area contributed by atoms with Gasteiger partial charge in [0.15, 0.2) is 11.5 Å². The first-order valence-electron chi connectivity index (χ1n) is 11.4. The zero-order chi connectivity index (χ0) is 26.2. The van der Waals surface area contributed by atoms with Crippen molar-refractivity contribution in [3.05, 3.63) is 78.0 Å². The lowest BCUT2D eigenvalue weighted by atomic mass is 10.1. The predicted octanol–water partition coefficient (Wildman–Crippen LogP) is 4.51. The SMILES string of the molecule is O=C(O)NC1CCN(c2cc3nccc(-c4cccc(NC(=O)c5cccc(C(F)(F)F)c5)c4)n3n2)C1. The molecular formula is C25H21F3N6O3. The Morgan fingerprint density at radius 1 is 1.05 bits per heavy atom. The maximum absolute atomic E-state index is 13.0. The van der Waals surface area contributed by atoms with E-state index in [1.807, 2.05) is 17.0 Å². The lowest BCUT2D eigenvalue weighted by molar-refractivity contribution is -0.137. The van der Waals surface area contributed by atoms with Crippen LogP contribution < -0.4 is 15.5 Å². The second-order valence-electron chi connectivity index (χ2n) is 8.60. The highest BCUT2D eigenvalue weighted by atomic mass is 19.4.